The smallest absolute Gasteiger partial charge is 0.184 e. The van der Waals surface area contributed by atoms with Crippen molar-refractivity contribution in [1.82, 2.24) is 9.97 Å². The highest BCUT2D eigenvalue weighted by Gasteiger charge is 2.20. The summed E-state index contributed by atoms with van der Waals surface area (Å²) in [5.41, 5.74) is 4.77. The van der Waals surface area contributed by atoms with Crippen LogP contribution in [0.2, 0.25) is 0 Å². The number of para-hydroxylation sites is 1. The summed E-state index contributed by atoms with van der Waals surface area (Å²) in [6.07, 6.45) is 5.29. The van der Waals surface area contributed by atoms with Crippen LogP contribution in [0, 0.1) is 0 Å². The predicted octanol–water partition coefficient (Wildman–Crippen LogP) is 7.13. The number of benzene rings is 3. The van der Waals surface area contributed by atoms with Crippen molar-refractivity contribution in [2.24, 2.45) is 0 Å². The zero-order valence-electron chi connectivity index (χ0n) is 16.9. The molecule has 1 aliphatic rings. The monoisotopic (exact) mass is 423 g/mol. The molecule has 0 radical (unpaired) electrons. The quantitative estimate of drug-likeness (QED) is 0.334. The number of anilines is 1. The van der Waals surface area contributed by atoms with Gasteiger partial charge in [-0.1, -0.05) is 47.7 Å². The molecule has 31 heavy (non-hydrogen) atoms. The van der Waals surface area contributed by atoms with E-state index in [1.807, 2.05) is 42.5 Å². The van der Waals surface area contributed by atoms with Gasteiger partial charge in [-0.05, 0) is 60.7 Å². The summed E-state index contributed by atoms with van der Waals surface area (Å²) in [7, 11) is 0. The normalized spacial score (nSPS) is 15.7. The van der Waals surface area contributed by atoms with Crippen molar-refractivity contribution in [3.63, 3.8) is 0 Å². The Bertz CT molecular complexity index is 1390. The van der Waals surface area contributed by atoms with E-state index in [1.165, 1.54) is 24.0 Å². The summed E-state index contributed by atoms with van der Waals surface area (Å²) in [5, 5.41) is 5.65. The van der Waals surface area contributed by atoms with Crippen LogP contribution in [0.4, 0.5) is 5.13 Å². The molecule has 2 heterocycles. The van der Waals surface area contributed by atoms with Crippen LogP contribution in [-0.2, 0) is 6.42 Å². The van der Waals surface area contributed by atoms with Crippen molar-refractivity contribution in [2.45, 2.75) is 25.3 Å². The fourth-order valence-electron chi connectivity index (χ4n) is 4.37. The first-order chi connectivity index (χ1) is 15.3. The molecule has 0 fully saturated rings. The molecule has 6 rings (SSSR count). The molecular formula is C26H21N3OS. The summed E-state index contributed by atoms with van der Waals surface area (Å²) in [5.74, 6) is 1.62. The molecule has 0 aliphatic heterocycles. The van der Waals surface area contributed by atoms with E-state index in [0.717, 1.165) is 44.2 Å². The molecule has 4 nitrogen and oxygen atoms in total. The first-order valence-electron chi connectivity index (χ1n) is 10.6. The molecule has 0 saturated heterocycles. The number of hydrogen-bond acceptors (Lipinski definition) is 5. The second-order valence-electron chi connectivity index (χ2n) is 7.86. The number of aromatic nitrogens is 2. The van der Waals surface area contributed by atoms with Gasteiger partial charge in [0.25, 0.3) is 0 Å². The van der Waals surface area contributed by atoms with Gasteiger partial charge in [0.1, 0.15) is 11.5 Å². The van der Waals surface area contributed by atoms with Gasteiger partial charge in [0, 0.05) is 17.6 Å². The Morgan fingerprint density at radius 2 is 1.84 bits per heavy atom. The predicted molar refractivity (Wildman–Crippen MR) is 127 cm³/mol. The third kappa shape index (κ3) is 3.51. The van der Waals surface area contributed by atoms with E-state index in [0.29, 0.717) is 6.04 Å². The summed E-state index contributed by atoms with van der Waals surface area (Å²) in [6.45, 7) is 0. The lowest BCUT2D eigenvalue weighted by molar-refractivity contribution is 0.489. The summed E-state index contributed by atoms with van der Waals surface area (Å²) in [4.78, 5) is 9.23. The fraction of sp³-hybridized carbons (Fsp3) is 0.154. The fourth-order valence-corrected chi connectivity index (χ4v) is 5.32. The van der Waals surface area contributed by atoms with Gasteiger partial charge in [-0.15, -0.1) is 0 Å². The highest BCUT2D eigenvalue weighted by molar-refractivity contribution is 7.22. The summed E-state index contributed by atoms with van der Waals surface area (Å²) >= 11 is 1.68. The third-order valence-corrected chi connectivity index (χ3v) is 6.81. The molecule has 5 heteroatoms. The average Bonchev–Trinajstić information content (AvgIpc) is 3.21. The van der Waals surface area contributed by atoms with Crippen molar-refractivity contribution >= 4 is 37.6 Å². The van der Waals surface area contributed by atoms with Crippen molar-refractivity contribution in [1.29, 1.82) is 0 Å². The molecule has 1 N–H and O–H groups in total. The maximum atomic E-state index is 6.22. The van der Waals surface area contributed by atoms with E-state index in [1.54, 1.807) is 17.5 Å². The molecular weight excluding hydrogens is 402 g/mol. The topological polar surface area (TPSA) is 47.0 Å². The Kier molecular flexibility index (Phi) is 4.54. The maximum absolute atomic E-state index is 6.22. The third-order valence-electron chi connectivity index (χ3n) is 5.86. The lowest BCUT2D eigenvalue weighted by Gasteiger charge is -2.26. The van der Waals surface area contributed by atoms with Crippen molar-refractivity contribution < 1.29 is 4.74 Å². The molecule has 5 aromatic rings. The Morgan fingerprint density at radius 1 is 0.935 bits per heavy atom. The molecule has 0 spiro atoms. The van der Waals surface area contributed by atoms with E-state index < -0.39 is 0 Å². The van der Waals surface area contributed by atoms with E-state index in [9.17, 15) is 0 Å². The number of hydrogen-bond donors (Lipinski definition) is 1. The molecule has 0 bridgehead atoms. The van der Waals surface area contributed by atoms with Gasteiger partial charge in [0.15, 0.2) is 5.13 Å². The highest BCUT2D eigenvalue weighted by atomic mass is 32.1. The van der Waals surface area contributed by atoms with Crippen LogP contribution >= 0.6 is 11.3 Å². The van der Waals surface area contributed by atoms with Crippen LogP contribution in [-0.4, -0.2) is 9.97 Å². The number of rotatable bonds is 4. The highest BCUT2D eigenvalue weighted by Crippen LogP contribution is 2.37. The van der Waals surface area contributed by atoms with Crippen molar-refractivity contribution in [3.05, 3.63) is 90.1 Å². The van der Waals surface area contributed by atoms with Crippen molar-refractivity contribution in [3.8, 4) is 11.5 Å². The Morgan fingerprint density at radius 3 is 2.84 bits per heavy atom. The Balaban J connectivity index is 1.28. The zero-order chi connectivity index (χ0) is 20.6. The van der Waals surface area contributed by atoms with Crippen molar-refractivity contribution in [2.75, 3.05) is 5.32 Å². The number of nitrogens with zero attached hydrogens (tertiary/aromatic N) is 2. The molecule has 1 aliphatic carbocycles. The van der Waals surface area contributed by atoms with E-state index in [2.05, 4.69) is 40.6 Å². The second kappa shape index (κ2) is 7.67. The van der Waals surface area contributed by atoms with Gasteiger partial charge in [-0.3, -0.25) is 4.98 Å². The van der Waals surface area contributed by atoms with E-state index >= 15 is 0 Å². The number of ether oxygens (including phenoxy) is 1. The van der Waals surface area contributed by atoms with Gasteiger partial charge in [0.05, 0.1) is 21.8 Å². The van der Waals surface area contributed by atoms with Gasteiger partial charge in [-0.2, -0.15) is 0 Å². The van der Waals surface area contributed by atoms with Crippen LogP contribution in [0.1, 0.15) is 30.0 Å². The minimum atomic E-state index is 0.324. The number of fused-ring (bicyclic) bond motifs is 3. The average molecular weight is 424 g/mol. The number of nitrogens with one attached hydrogen (secondary N) is 1. The largest absolute Gasteiger partial charge is 0.457 e. The SMILES string of the molecule is c1ccc2c(c1)CCC[C@@H]2Nc1nc2ccc(Oc3ccnc4ccccc34)cc2s1. The Labute approximate surface area is 184 Å². The molecule has 1 atom stereocenters. The molecule has 152 valence electrons. The Hall–Kier alpha value is -3.44. The zero-order valence-corrected chi connectivity index (χ0v) is 17.7. The van der Waals surface area contributed by atoms with Crippen LogP contribution < -0.4 is 10.1 Å². The van der Waals surface area contributed by atoms with Gasteiger partial charge < -0.3 is 10.1 Å². The van der Waals surface area contributed by atoms with E-state index in [-0.39, 0.29) is 0 Å². The minimum Gasteiger partial charge on any atom is -0.457 e. The van der Waals surface area contributed by atoms with Crippen LogP contribution in [0.3, 0.4) is 0 Å². The maximum Gasteiger partial charge on any atom is 0.184 e. The molecule has 0 unspecified atom stereocenters. The van der Waals surface area contributed by atoms with E-state index in [4.69, 9.17) is 9.72 Å². The molecule has 2 aromatic heterocycles. The number of thiazole rings is 1. The van der Waals surface area contributed by atoms with Gasteiger partial charge in [-0.25, -0.2) is 4.98 Å². The summed E-state index contributed by atoms with van der Waals surface area (Å²) in [6, 6.07) is 25.1. The lowest BCUT2D eigenvalue weighted by Crippen LogP contribution is -2.17. The van der Waals surface area contributed by atoms with Gasteiger partial charge in [0.2, 0.25) is 0 Å². The molecule has 0 saturated carbocycles. The van der Waals surface area contributed by atoms with Gasteiger partial charge >= 0.3 is 0 Å². The number of aryl methyl sites for hydroxylation is 1. The van der Waals surface area contributed by atoms with Crippen LogP contribution in [0.15, 0.2) is 79.0 Å². The second-order valence-corrected chi connectivity index (χ2v) is 8.90. The lowest BCUT2D eigenvalue weighted by atomic mass is 9.88. The number of pyridine rings is 1. The van der Waals surface area contributed by atoms with Crippen LogP contribution in [0.5, 0.6) is 11.5 Å². The summed E-state index contributed by atoms with van der Waals surface area (Å²) < 4.78 is 7.34. The minimum absolute atomic E-state index is 0.324. The first-order valence-corrected chi connectivity index (χ1v) is 11.4. The molecule has 0 amide bonds. The first kappa shape index (κ1) is 18.3. The van der Waals surface area contributed by atoms with Crippen LogP contribution in [0.25, 0.3) is 21.1 Å². The molecule has 3 aromatic carbocycles. The standard InChI is InChI=1S/C26H21N3OS/c1-2-8-19-17(6-1)7-5-11-22(19)28-26-29-23-13-12-18(16-25(23)31-26)30-24-14-15-27-21-10-4-3-9-20(21)24/h1-4,6,8-10,12-16,22H,5,7,11H2,(H,28,29)/t22-/m0/s1.